The van der Waals surface area contributed by atoms with Crippen LogP contribution in [0.25, 0.3) is 11.2 Å². The van der Waals surface area contributed by atoms with E-state index in [2.05, 4.69) is 15.0 Å². The Morgan fingerprint density at radius 2 is 2.14 bits per heavy atom. The molecular formula is C7H8N4O2S. The highest BCUT2D eigenvalue weighted by molar-refractivity contribution is 7.90. The summed E-state index contributed by atoms with van der Waals surface area (Å²) >= 11 is 0. The van der Waals surface area contributed by atoms with Gasteiger partial charge in [-0.05, 0) is 0 Å². The predicted molar refractivity (Wildman–Crippen MR) is 49.4 cm³/mol. The minimum absolute atomic E-state index is 0.00741. The van der Waals surface area contributed by atoms with Gasteiger partial charge in [-0.15, -0.1) is 0 Å². The average Bonchev–Trinajstić information content (AvgIpc) is 2.44. The van der Waals surface area contributed by atoms with Crippen LogP contribution >= 0.6 is 0 Å². The summed E-state index contributed by atoms with van der Waals surface area (Å²) in [6.07, 6.45) is 3.95. The van der Waals surface area contributed by atoms with Crippen LogP contribution in [-0.2, 0) is 16.9 Å². The number of sulfone groups is 1. The van der Waals surface area contributed by atoms with E-state index in [4.69, 9.17) is 0 Å². The summed E-state index contributed by atoms with van der Waals surface area (Å²) in [5.74, 6) is 0. The number of aromatic nitrogens is 4. The van der Waals surface area contributed by atoms with Crippen molar-refractivity contribution < 1.29 is 8.42 Å². The van der Waals surface area contributed by atoms with Gasteiger partial charge < -0.3 is 4.57 Å². The first-order valence-corrected chi connectivity index (χ1v) is 5.72. The van der Waals surface area contributed by atoms with Crippen molar-refractivity contribution in [3.63, 3.8) is 0 Å². The standard InChI is InChI=1S/C7H8N4O2S/c1-11-6-5(3-8-4-9-6)10-7(11)14(2,12)13/h3-4H,1-2H3. The molecule has 2 aromatic heterocycles. The number of nitrogens with zero attached hydrogens (tertiary/aromatic N) is 4. The number of imidazole rings is 1. The first-order chi connectivity index (χ1) is 6.50. The third kappa shape index (κ3) is 1.25. The second-order valence-electron chi connectivity index (χ2n) is 2.96. The normalized spacial score (nSPS) is 12.1. The van der Waals surface area contributed by atoms with Gasteiger partial charge in [0.25, 0.3) is 0 Å². The SMILES string of the molecule is Cn1c(S(C)(=O)=O)nc2cncnc21. The van der Waals surface area contributed by atoms with E-state index in [-0.39, 0.29) is 5.16 Å². The van der Waals surface area contributed by atoms with Crippen LogP contribution in [0.4, 0.5) is 0 Å². The molecule has 0 N–H and O–H groups in total. The zero-order valence-corrected chi connectivity index (χ0v) is 8.48. The number of hydrogen-bond acceptors (Lipinski definition) is 5. The maximum atomic E-state index is 11.3. The summed E-state index contributed by atoms with van der Waals surface area (Å²) in [6, 6.07) is 0. The first kappa shape index (κ1) is 9.07. The molecule has 0 saturated carbocycles. The highest BCUT2D eigenvalue weighted by Crippen LogP contribution is 2.14. The van der Waals surface area contributed by atoms with Crippen molar-refractivity contribution in [2.24, 2.45) is 7.05 Å². The molecule has 0 saturated heterocycles. The maximum absolute atomic E-state index is 11.3. The largest absolute Gasteiger partial charge is 0.303 e. The molecule has 2 heterocycles. The summed E-state index contributed by atoms with van der Waals surface area (Å²) in [5.41, 5.74) is 0.996. The Kier molecular flexibility index (Phi) is 1.78. The van der Waals surface area contributed by atoms with Gasteiger partial charge in [0, 0.05) is 13.3 Å². The minimum atomic E-state index is -3.31. The van der Waals surface area contributed by atoms with Gasteiger partial charge in [0.15, 0.2) is 5.65 Å². The molecule has 0 aliphatic rings. The third-order valence-electron chi connectivity index (χ3n) is 1.82. The topological polar surface area (TPSA) is 77.7 Å². The lowest BCUT2D eigenvalue weighted by molar-refractivity contribution is 0.586. The monoisotopic (exact) mass is 212 g/mol. The quantitative estimate of drug-likeness (QED) is 0.652. The molecule has 0 spiro atoms. The van der Waals surface area contributed by atoms with Gasteiger partial charge in [0.1, 0.15) is 11.8 Å². The number of hydrogen-bond donors (Lipinski definition) is 0. The van der Waals surface area contributed by atoms with E-state index in [1.807, 2.05) is 0 Å². The van der Waals surface area contributed by atoms with E-state index in [9.17, 15) is 8.42 Å². The van der Waals surface area contributed by atoms with Crippen LogP contribution in [0.5, 0.6) is 0 Å². The number of aryl methyl sites for hydroxylation is 1. The van der Waals surface area contributed by atoms with Crippen molar-refractivity contribution in [2.45, 2.75) is 5.16 Å². The molecule has 0 atom stereocenters. The Morgan fingerprint density at radius 3 is 2.71 bits per heavy atom. The third-order valence-corrected chi connectivity index (χ3v) is 2.85. The van der Waals surface area contributed by atoms with Gasteiger partial charge in [0.05, 0.1) is 6.20 Å². The van der Waals surface area contributed by atoms with Crippen LogP contribution in [0.15, 0.2) is 17.7 Å². The van der Waals surface area contributed by atoms with Crippen LogP contribution in [0.1, 0.15) is 0 Å². The lowest BCUT2D eigenvalue weighted by Crippen LogP contribution is -2.05. The van der Waals surface area contributed by atoms with E-state index in [0.717, 1.165) is 6.26 Å². The average molecular weight is 212 g/mol. The van der Waals surface area contributed by atoms with Gasteiger partial charge in [-0.25, -0.2) is 23.4 Å². The fraction of sp³-hybridized carbons (Fsp3) is 0.286. The van der Waals surface area contributed by atoms with Crippen molar-refractivity contribution in [3.8, 4) is 0 Å². The molecule has 2 rings (SSSR count). The molecule has 0 bridgehead atoms. The van der Waals surface area contributed by atoms with Crippen molar-refractivity contribution in [2.75, 3.05) is 6.26 Å². The molecular weight excluding hydrogens is 204 g/mol. The second-order valence-corrected chi connectivity index (χ2v) is 4.87. The summed E-state index contributed by atoms with van der Waals surface area (Å²) in [4.78, 5) is 11.6. The van der Waals surface area contributed by atoms with Crippen molar-refractivity contribution in [3.05, 3.63) is 12.5 Å². The van der Waals surface area contributed by atoms with Gasteiger partial charge in [-0.3, -0.25) is 0 Å². The lowest BCUT2D eigenvalue weighted by Gasteiger charge is -1.96. The van der Waals surface area contributed by atoms with E-state index in [1.165, 1.54) is 17.1 Å². The van der Waals surface area contributed by atoms with Crippen LogP contribution in [0, 0.1) is 0 Å². The highest BCUT2D eigenvalue weighted by atomic mass is 32.2. The van der Waals surface area contributed by atoms with Gasteiger partial charge >= 0.3 is 0 Å². The summed E-state index contributed by atoms with van der Waals surface area (Å²) in [6.45, 7) is 0. The molecule has 0 amide bonds. The lowest BCUT2D eigenvalue weighted by atomic mass is 10.6. The fourth-order valence-electron chi connectivity index (χ4n) is 1.25. The maximum Gasteiger partial charge on any atom is 0.229 e. The van der Waals surface area contributed by atoms with Crippen molar-refractivity contribution >= 4 is 21.0 Å². The van der Waals surface area contributed by atoms with Gasteiger partial charge in [-0.2, -0.15) is 0 Å². The Hall–Kier alpha value is -1.50. The van der Waals surface area contributed by atoms with Crippen LogP contribution in [-0.4, -0.2) is 34.2 Å². The van der Waals surface area contributed by atoms with Crippen LogP contribution in [0.2, 0.25) is 0 Å². The molecule has 74 valence electrons. The molecule has 0 aromatic carbocycles. The minimum Gasteiger partial charge on any atom is -0.303 e. The van der Waals surface area contributed by atoms with E-state index >= 15 is 0 Å². The molecule has 0 aliphatic heterocycles. The second kappa shape index (κ2) is 2.74. The molecule has 2 aromatic rings. The van der Waals surface area contributed by atoms with Crippen molar-refractivity contribution in [1.29, 1.82) is 0 Å². The first-order valence-electron chi connectivity index (χ1n) is 3.82. The Labute approximate surface area is 80.5 Å². The molecule has 0 unspecified atom stereocenters. The van der Waals surface area contributed by atoms with Crippen LogP contribution in [0.3, 0.4) is 0 Å². The Morgan fingerprint density at radius 1 is 1.43 bits per heavy atom. The van der Waals surface area contributed by atoms with Gasteiger partial charge in [-0.1, -0.05) is 0 Å². The number of rotatable bonds is 1. The van der Waals surface area contributed by atoms with Crippen molar-refractivity contribution in [1.82, 2.24) is 19.5 Å². The molecule has 6 nitrogen and oxygen atoms in total. The predicted octanol–water partition coefficient (Wildman–Crippen LogP) is -0.233. The zero-order chi connectivity index (χ0) is 10.3. The summed E-state index contributed by atoms with van der Waals surface area (Å²) in [7, 11) is -1.70. The van der Waals surface area contributed by atoms with E-state index in [1.54, 1.807) is 7.05 Å². The van der Waals surface area contributed by atoms with E-state index < -0.39 is 9.84 Å². The highest BCUT2D eigenvalue weighted by Gasteiger charge is 2.17. The summed E-state index contributed by atoms with van der Waals surface area (Å²) in [5, 5.41) is 0.00741. The molecule has 14 heavy (non-hydrogen) atoms. The molecule has 7 heteroatoms. The molecule has 0 fully saturated rings. The smallest absolute Gasteiger partial charge is 0.229 e. The molecule has 0 radical (unpaired) electrons. The van der Waals surface area contributed by atoms with E-state index in [0.29, 0.717) is 11.2 Å². The zero-order valence-electron chi connectivity index (χ0n) is 7.67. The number of fused-ring (bicyclic) bond motifs is 1. The summed E-state index contributed by atoms with van der Waals surface area (Å²) < 4.78 is 24.0. The Bertz CT molecular complexity index is 587. The van der Waals surface area contributed by atoms with Gasteiger partial charge in [0.2, 0.25) is 15.0 Å². The molecule has 0 aliphatic carbocycles. The van der Waals surface area contributed by atoms with Crippen LogP contribution < -0.4 is 0 Å². The Balaban J connectivity index is 2.89. The fourth-order valence-corrected chi connectivity index (χ4v) is 2.10.